The van der Waals surface area contributed by atoms with Crippen molar-refractivity contribution in [2.45, 2.75) is 58.2 Å². The minimum Gasteiger partial charge on any atom is -0.449 e. The van der Waals surface area contributed by atoms with Gasteiger partial charge >= 0.3 is 5.97 Å². The summed E-state index contributed by atoms with van der Waals surface area (Å²) in [5, 5.41) is 2.70. The molecule has 30 heavy (non-hydrogen) atoms. The number of likely N-dealkylation sites (tertiary alicyclic amines) is 1. The molecule has 0 aliphatic carbocycles. The van der Waals surface area contributed by atoms with E-state index in [9.17, 15) is 9.59 Å². The Bertz CT molecular complexity index is 1050. The number of para-hydroxylation sites is 1. The summed E-state index contributed by atoms with van der Waals surface area (Å²) in [6.45, 7) is 5.79. The van der Waals surface area contributed by atoms with Gasteiger partial charge in [-0.1, -0.05) is 24.3 Å². The minimum absolute atomic E-state index is 0.125. The van der Waals surface area contributed by atoms with Crippen LogP contribution in [0.4, 0.5) is 0 Å². The molecule has 2 aromatic heterocycles. The molecule has 0 unspecified atom stereocenters. The van der Waals surface area contributed by atoms with E-state index >= 15 is 0 Å². The van der Waals surface area contributed by atoms with Gasteiger partial charge in [-0.05, 0) is 63.6 Å². The summed E-state index contributed by atoms with van der Waals surface area (Å²) >= 11 is 1.57. The number of hydrogen-bond donors (Lipinski definition) is 0. The monoisotopic (exact) mass is 422 g/mol. The Labute approximate surface area is 180 Å². The minimum atomic E-state index is -0.836. The van der Waals surface area contributed by atoms with Crippen LogP contribution in [-0.2, 0) is 9.53 Å². The van der Waals surface area contributed by atoms with Crippen LogP contribution >= 0.6 is 11.3 Å². The molecule has 3 heterocycles. The zero-order valence-electron chi connectivity index (χ0n) is 17.5. The second kappa shape index (κ2) is 8.56. The number of thiophene rings is 1. The van der Waals surface area contributed by atoms with Crippen LogP contribution in [-0.4, -0.2) is 39.9 Å². The quantitative estimate of drug-likeness (QED) is 0.536. The normalized spacial score (nSPS) is 20.2. The first-order valence-electron chi connectivity index (χ1n) is 10.4. The molecular formula is C24H26N2O3S. The molecule has 0 spiro atoms. The lowest BCUT2D eigenvalue weighted by molar-refractivity contribution is -0.146. The number of carbonyl (C=O) groups excluding carboxylic acids is 2. The second-order valence-electron chi connectivity index (χ2n) is 7.97. The van der Waals surface area contributed by atoms with Crippen molar-refractivity contribution in [3.8, 4) is 10.6 Å². The standard InChI is InChI=1S/C24H26N2O3S/c1-15-8-6-9-16(2)26(15)23(27)17(3)29-24(28)19-14-21(22-12-7-13-30-22)25-20-11-5-4-10-18(19)20/h4-5,7,10-17H,6,8-9H2,1-3H3/t15-,16-,17+/m0/s1. The van der Waals surface area contributed by atoms with Crippen LogP contribution in [0, 0.1) is 0 Å². The zero-order valence-corrected chi connectivity index (χ0v) is 18.3. The second-order valence-corrected chi connectivity index (χ2v) is 8.92. The van der Waals surface area contributed by atoms with Gasteiger partial charge < -0.3 is 9.64 Å². The third-order valence-corrected chi connectivity index (χ3v) is 6.68. The van der Waals surface area contributed by atoms with Gasteiger partial charge in [0.25, 0.3) is 5.91 Å². The number of aromatic nitrogens is 1. The van der Waals surface area contributed by atoms with Crippen LogP contribution in [0.25, 0.3) is 21.5 Å². The molecule has 156 valence electrons. The number of rotatable bonds is 4. The van der Waals surface area contributed by atoms with Crippen molar-refractivity contribution in [1.29, 1.82) is 0 Å². The number of fused-ring (bicyclic) bond motifs is 1. The summed E-state index contributed by atoms with van der Waals surface area (Å²) in [6.07, 6.45) is 2.25. The molecule has 0 bridgehead atoms. The summed E-state index contributed by atoms with van der Waals surface area (Å²) in [5.41, 5.74) is 1.89. The fraction of sp³-hybridized carbons (Fsp3) is 0.375. The van der Waals surface area contributed by atoms with Crippen molar-refractivity contribution >= 4 is 34.1 Å². The number of ether oxygens (including phenoxy) is 1. The average Bonchev–Trinajstić information content (AvgIpc) is 3.27. The molecule has 0 N–H and O–H groups in total. The van der Waals surface area contributed by atoms with Gasteiger partial charge in [0, 0.05) is 17.5 Å². The highest BCUT2D eigenvalue weighted by atomic mass is 32.1. The van der Waals surface area contributed by atoms with E-state index in [1.165, 1.54) is 0 Å². The van der Waals surface area contributed by atoms with E-state index in [1.54, 1.807) is 24.3 Å². The molecule has 1 aliphatic heterocycles. The first kappa shape index (κ1) is 20.5. The first-order valence-corrected chi connectivity index (χ1v) is 11.3. The number of amides is 1. The van der Waals surface area contributed by atoms with Gasteiger partial charge in [0.15, 0.2) is 6.10 Å². The van der Waals surface area contributed by atoms with Crippen molar-refractivity contribution in [3.63, 3.8) is 0 Å². The summed E-state index contributed by atoms with van der Waals surface area (Å²) in [4.78, 5) is 33.7. The Morgan fingerprint density at radius 1 is 1.13 bits per heavy atom. The Morgan fingerprint density at radius 2 is 1.87 bits per heavy atom. The molecule has 1 aromatic carbocycles. The summed E-state index contributed by atoms with van der Waals surface area (Å²) < 4.78 is 5.67. The SMILES string of the molecule is C[C@@H](OC(=O)c1cc(-c2cccs2)nc2ccccc12)C(=O)N1[C@@H](C)CCC[C@@H]1C. The third kappa shape index (κ3) is 3.97. The Kier molecular flexibility index (Phi) is 5.86. The smallest absolute Gasteiger partial charge is 0.339 e. The van der Waals surface area contributed by atoms with E-state index in [-0.39, 0.29) is 18.0 Å². The van der Waals surface area contributed by atoms with Crippen LogP contribution < -0.4 is 0 Å². The third-order valence-electron chi connectivity index (χ3n) is 5.79. The maximum absolute atomic E-state index is 13.1. The van der Waals surface area contributed by atoms with Crippen molar-refractivity contribution in [2.24, 2.45) is 0 Å². The topological polar surface area (TPSA) is 59.5 Å². The van der Waals surface area contributed by atoms with Gasteiger partial charge in [0.2, 0.25) is 0 Å². The van der Waals surface area contributed by atoms with Gasteiger partial charge in [-0.15, -0.1) is 11.3 Å². The highest BCUT2D eigenvalue weighted by molar-refractivity contribution is 7.13. The lowest BCUT2D eigenvalue weighted by atomic mass is 9.97. The molecular weight excluding hydrogens is 396 g/mol. The summed E-state index contributed by atoms with van der Waals surface area (Å²) in [6, 6.07) is 13.5. The Hall–Kier alpha value is -2.73. The molecule has 1 aliphatic rings. The van der Waals surface area contributed by atoms with Gasteiger partial charge in [-0.25, -0.2) is 9.78 Å². The van der Waals surface area contributed by atoms with Crippen LogP contribution in [0.3, 0.4) is 0 Å². The Balaban J connectivity index is 1.62. The molecule has 5 nitrogen and oxygen atoms in total. The Morgan fingerprint density at radius 3 is 2.57 bits per heavy atom. The van der Waals surface area contributed by atoms with E-state index in [2.05, 4.69) is 13.8 Å². The van der Waals surface area contributed by atoms with Crippen LogP contribution in [0.15, 0.2) is 47.8 Å². The van der Waals surface area contributed by atoms with E-state index in [1.807, 2.05) is 46.7 Å². The molecule has 3 aromatic rings. The summed E-state index contributed by atoms with van der Waals surface area (Å²) in [5.74, 6) is -0.621. The molecule has 0 radical (unpaired) electrons. The molecule has 6 heteroatoms. The number of hydrogen-bond acceptors (Lipinski definition) is 5. The number of benzene rings is 1. The van der Waals surface area contributed by atoms with Crippen molar-refractivity contribution in [3.05, 3.63) is 53.4 Å². The number of nitrogens with zero attached hydrogens (tertiary/aromatic N) is 2. The fourth-order valence-electron chi connectivity index (χ4n) is 4.23. The van der Waals surface area contributed by atoms with Crippen molar-refractivity contribution in [2.75, 3.05) is 0 Å². The van der Waals surface area contributed by atoms with E-state index in [4.69, 9.17) is 9.72 Å². The maximum atomic E-state index is 13.1. The van der Waals surface area contributed by atoms with Crippen LogP contribution in [0.5, 0.6) is 0 Å². The summed E-state index contributed by atoms with van der Waals surface area (Å²) in [7, 11) is 0. The van der Waals surface area contributed by atoms with Crippen molar-refractivity contribution in [1.82, 2.24) is 9.88 Å². The van der Waals surface area contributed by atoms with Gasteiger partial charge in [0.1, 0.15) is 0 Å². The van der Waals surface area contributed by atoms with E-state index in [0.29, 0.717) is 5.56 Å². The number of piperidine rings is 1. The first-order chi connectivity index (χ1) is 14.5. The van der Waals surface area contributed by atoms with Gasteiger partial charge in [0.05, 0.1) is 21.7 Å². The van der Waals surface area contributed by atoms with Crippen molar-refractivity contribution < 1.29 is 14.3 Å². The number of esters is 1. The maximum Gasteiger partial charge on any atom is 0.339 e. The van der Waals surface area contributed by atoms with E-state index in [0.717, 1.165) is 40.7 Å². The van der Waals surface area contributed by atoms with Crippen LogP contribution in [0.2, 0.25) is 0 Å². The lowest BCUT2D eigenvalue weighted by Gasteiger charge is -2.40. The molecule has 4 rings (SSSR count). The van der Waals surface area contributed by atoms with E-state index < -0.39 is 12.1 Å². The largest absolute Gasteiger partial charge is 0.449 e. The van der Waals surface area contributed by atoms with Gasteiger partial charge in [-0.3, -0.25) is 4.79 Å². The molecule has 1 saturated heterocycles. The number of carbonyl (C=O) groups is 2. The predicted octanol–water partition coefficient (Wildman–Crippen LogP) is 5.30. The molecule has 1 amide bonds. The van der Waals surface area contributed by atoms with Gasteiger partial charge in [-0.2, -0.15) is 0 Å². The molecule has 0 saturated carbocycles. The average molecular weight is 423 g/mol. The molecule has 3 atom stereocenters. The fourth-order valence-corrected chi connectivity index (χ4v) is 4.92. The van der Waals surface area contributed by atoms with Crippen LogP contribution in [0.1, 0.15) is 50.4 Å². The highest BCUT2D eigenvalue weighted by Crippen LogP contribution is 2.29. The highest BCUT2D eigenvalue weighted by Gasteiger charge is 2.33. The molecule has 1 fully saturated rings. The predicted molar refractivity (Wildman–Crippen MR) is 120 cm³/mol. The number of pyridine rings is 1. The zero-order chi connectivity index (χ0) is 21.3. The lowest BCUT2D eigenvalue weighted by Crippen LogP contribution is -2.51.